The molecule has 2 unspecified atom stereocenters. The molecule has 0 aromatic carbocycles. The van der Waals surface area contributed by atoms with Crippen molar-refractivity contribution in [2.75, 3.05) is 0 Å². The molecule has 1 heteroatoms. The smallest absolute Gasteiger partial charge is 0.0568 e. The van der Waals surface area contributed by atoms with E-state index in [-0.39, 0.29) is 6.10 Å². The first kappa shape index (κ1) is 23.1. The zero-order valence-corrected chi connectivity index (χ0v) is 21.3. The molecule has 0 radical (unpaired) electrons. The van der Waals surface area contributed by atoms with Crippen molar-refractivity contribution in [2.24, 2.45) is 64.1 Å². The summed E-state index contributed by atoms with van der Waals surface area (Å²) in [5.74, 6) is 7.70. The van der Waals surface area contributed by atoms with Gasteiger partial charge in [-0.3, -0.25) is 0 Å². The predicted molar refractivity (Wildman–Crippen MR) is 128 cm³/mol. The highest BCUT2D eigenvalue weighted by molar-refractivity contribution is 5.10. The van der Waals surface area contributed by atoms with Crippen LogP contribution >= 0.6 is 0 Å². The second-order valence-corrected chi connectivity index (χ2v) is 13.5. The quantitative estimate of drug-likeness (QED) is 0.482. The summed E-state index contributed by atoms with van der Waals surface area (Å²) in [7, 11) is 0. The van der Waals surface area contributed by atoms with Gasteiger partial charge in [-0.2, -0.15) is 0 Å². The minimum Gasteiger partial charge on any atom is -0.393 e. The minimum absolute atomic E-state index is 0.0431. The van der Waals surface area contributed by atoms with Crippen LogP contribution in [-0.2, 0) is 0 Å². The lowest BCUT2D eigenvalue weighted by atomic mass is 9.43. The number of hydrogen-bond donors (Lipinski definition) is 1. The summed E-state index contributed by atoms with van der Waals surface area (Å²) in [6.07, 6.45) is 13.9. The maximum absolute atomic E-state index is 10.5. The van der Waals surface area contributed by atoms with Gasteiger partial charge in [0.1, 0.15) is 0 Å². The minimum atomic E-state index is -0.0431. The second-order valence-electron chi connectivity index (χ2n) is 13.5. The average Bonchev–Trinajstić information content (AvgIpc) is 3.06. The van der Waals surface area contributed by atoms with Crippen LogP contribution in [0.1, 0.15) is 113 Å². The van der Waals surface area contributed by atoms with Crippen molar-refractivity contribution in [3.63, 3.8) is 0 Å². The van der Waals surface area contributed by atoms with Gasteiger partial charge >= 0.3 is 0 Å². The summed E-state index contributed by atoms with van der Waals surface area (Å²) in [5, 5.41) is 10.5. The first-order valence-electron chi connectivity index (χ1n) is 13.8. The fourth-order valence-corrected chi connectivity index (χ4v) is 9.75. The number of aliphatic hydroxyl groups is 1. The molecule has 0 spiro atoms. The number of fused-ring (bicyclic) bond motifs is 5. The van der Waals surface area contributed by atoms with Gasteiger partial charge in [0.2, 0.25) is 0 Å². The summed E-state index contributed by atoms with van der Waals surface area (Å²) >= 11 is 0. The van der Waals surface area contributed by atoms with Crippen LogP contribution in [0.25, 0.3) is 0 Å². The third-order valence-corrected chi connectivity index (χ3v) is 12.1. The highest BCUT2D eigenvalue weighted by Gasteiger charge is 2.61. The van der Waals surface area contributed by atoms with E-state index in [0.717, 1.165) is 53.8 Å². The van der Waals surface area contributed by atoms with Crippen LogP contribution < -0.4 is 0 Å². The molecule has 0 aromatic rings. The maximum Gasteiger partial charge on any atom is 0.0568 e. The lowest BCUT2D eigenvalue weighted by Gasteiger charge is -2.62. The summed E-state index contributed by atoms with van der Waals surface area (Å²) in [6.45, 7) is 17.6. The molecule has 4 aliphatic carbocycles. The lowest BCUT2D eigenvalue weighted by molar-refractivity contribution is -0.149. The largest absolute Gasteiger partial charge is 0.393 e. The van der Waals surface area contributed by atoms with Gasteiger partial charge in [0.05, 0.1) is 6.10 Å². The van der Waals surface area contributed by atoms with Crippen molar-refractivity contribution < 1.29 is 5.11 Å². The van der Waals surface area contributed by atoms with Crippen LogP contribution in [0.15, 0.2) is 0 Å². The monoisotopic (exact) mass is 416 g/mol. The van der Waals surface area contributed by atoms with E-state index in [1.807, 2.05) is 0 Å². The van der Waals surface area contributed by atoms with Gasteiger partial charge < -0.3 is 5.11 Å². The normalized spacial score (nSPS) is 50.5. The zero-order valence-electron chi connectivity index (χ0n) is 21.3. The Balaban J connectivity index is 1.47. The van der Waals surface area contributed by atoms with E-state index in [1.165, 1.54) is 57.8 Å². The van der Waals surface area contributed by atoms with Crippen LogP contribution in [0.2, 0.25) is 0 Å². The Kier molecular flexibility index (Phi) is 6.47. The van der Waals surface area contributed by atoms with Crippen LogP contribution in [0.3, 0.4) is 0 Å². The molecule has 1 nitrogen and oxygen atoms in total. The van der Waals surface area contributed by atoms with Gasteiger partial charge in [-0.15, -0.1) is 0 Å². The van der Waals surface area contributed by atoms with Gasteiger partial charge in [-0.1, -0.05) is 61.3 Å². The molecule has 4 saturated carbocycles. The van der Waals surface area contributed by atoms with Crippen molar-refractivity contribution >= 4 is 0 Å². The van der Waals surface area contributed by atoms with Crippen molar-refractivity contribution in [2.45, 2.75) is 119 Å². The van der Waals surface area contributed by atoms with Crippen molar-refractivity contribution in [1.82, 2.24) is 0 Å². The molecule has 0 heterocycles. The van der Waals surface area contributed by atoms with E-state index in [9.17, 15) is 5.11 Å². The van der Waals surface area contributed by atoms with E-state index in [2.05, 4.69) is 48.5 Å². The Bertz CT molecular complexity index is 597. The molecule has 30 heavy (non-hydrogen) atoms. The van der Waals surface area contributed by atoms with Crippen molar-refractivity contribution in [3.8, 4) is 0 Å². The fraction of sp³-hybridized carbons (Fsp3) is 1.00. The van der Waals surface area contributed by atoms with E-state index in [4.69, 9.17) is 0 Å². The summed E-state index contributed by atoms with van der Waals surface area (Å²) in [4.78, 5) is 0. The highest BCUT2D eigenvalue weighted by Crippen LogP contribution is 2.68. The number of aliphatic hydroxyl groups excluding tert-OH is 1. The Hall–Kier alpha value is -0.0400. The Morgan fingerprint density at radius 2 is 1.40 bits per heavy atom. The fourth-order valence-electron chi connectivity index (χ4n) is 9.75. The third kappa shape index (κ3) is 3.62. The number of hydrogen-bond acceptors (Lipinski definition) is 1. The zero-order chi connectivity index (χ0) is 21.8. The Morgan fingerprint density at radius 1 is 0.767 bits per heavy atom. The molecular formula is C29H52O. The van der Waals surface area contributed by atoms with Gasteiger partial charge in [0, 0.05) is 0 Å². The molecule has 0 aromatic heterocycles. The molecule has 0 saturated heterocycles. The van der Waals surface area contributed by atoms with Crippen LogP contribution in [-0.4, -0.2) is 11.2 Å². The van der Waals surface area contributed by atoms with E-state index < -0.39 is 0 Å². The molecule has 4 rings (SSSR count). The van der Waals surface area contributed by atoms with Gasteiger partial charge in [-0.05, 0) is 115 Å². The summed E-state index contributed by atoms with van der Waals surface area (Å²) in [6, 6.07) is 0. The average molecular weight is 417 g/mol. The van der Waals surface area contributed by atoms with Gasteiger partial charge in [0.15, 0.2) is 0 Å². The summed E-state index contributed by atoms with van der Waals surface area (Å²) < 4.78 is 0. The van der Waals surface area contributed by atoms with E-state index in [0.29, 0.717) is 16.7 Å². The predicted octanol–water partition coefficient (Wildman–Crippen LogP) is 7.96. The van der Waals surface area contributed by atoms with E-state index >= 15 is 0 Å². The van der Waals surface area contributed by atoms with Crippen molar-refractivity contribution in [3.05, 3.63) is 0 Å². The maximum atomic E-state index is 10.5. The molecule has 4 aliphatic rings. The Morgan fingerprint density at radius 3 is 2.10 bits per heavy atom. The standard InChI is InChI=1S/C29H52O/c1-18(2)19(3)8-9-20(4)23-12-13-25-22-10-11-24-21(5)27(30)15-17-29(24,7)26(22)14-16-28(23,25)6/h18-27,30H,8-17H2,1-7H3/t19-,20+,21?,22-,23+,24?,25-,26-,27-,28+,29-/m0/s1. The molecule has 0 bridgehead atoms. The first-order chi connectivity index (χ1) is 14.1. The SMILES string of the molecule is CC(C)[C@@H](C)CC[C@@H](C)[C@H]1CC[C@H]2[C@@H]3CCC4C(C)[C@@H](O)CC[C@]4(C)[C@H]3CC[C@]12C. The molecule has 11 atom stereocenters. The van der Waals surface area contributed by atoms with E-state index in [1.54, 1.807) is 0 Å². The van der Waals surface area contributed by atoms with Crippen LogP contribution in [0.5, 0.6) is 0 Å². The van der Waals surface area contributed by atoms with Gasteiger partial charge in [-0.25, -0.2) is 0 Å². The topological polar surface area (TPSA) is 20.2 Å². The third-order valence-electron chi connectivity index (χ3n) is 12.1. The molecule has 0 aliphatic heterocycles. The molecule has 1 N–H and O–H groups in total. The molecular weight excluding hydrogens is 364 g/mol. The van der Waals surface area contributed by atoms with Crippen molar-refractivity contribution in [1.29, 1.82) is 0 Å². The first-order valence-corrected chi connectivity index (χ1v) is 13.8. The number of rotatable bonds is 5. The highest BCUT2D eigenvalue weighted by atomic mass is 16.3. The van der Waals surface area contributed by atoms with Crippen LogP contribution in [0, 0.1) is 64.1 Å². The van der Waals surface area contributed by atoms with Crippen LogP contribution in [0.4, 0.5) is 0 Å². The molecule has 4 fully saturated rings. The molecule has 174 valence electrons. The van der Waals surface area contributed by atoms with Gasteiger partial charge in [0.25, 0.3) is 0 Å². The molecule has 0 amide bonds. The lowest BCUT2D eigenvalue weighted by Crippen LogP contribution is -2.56. The summed E-state index contributed by atoms with van der Waals surface area (Å²) in [5.41, 5.74) is 1.10. The second kappa shape index (κ2) is 8.39. The Labute approximate surface area is 188 Å².